The maximum Gasteiger partial charge on any atom is 0.295 e. The summed E-state index contributed by atoms with van der Waals surface area (Å²) in [6, 6.07) is 8.44. The van der Waals surface area contributed by atoms with Crippen molar-refractivity contribution in [3.63, 3.8) is 0 Å². The van der Waals surface area contributed by atoms with Crippen molar-refractivity contribution in [3.8, 4) is 5.69 Å². The molecule has 0 radical (unpaired) electrons. The van der Waals surface area contributed by atoms with Crippen molar-refractivity contribution in [1.29, 1.82) is 0 Å². The fraction of sp³-hybridized carbons (Fsp3) is 0.429. The summed E-state index contributed by atoms with van der Waals surface area (Å²) in [6.45, 7) is 12.0. The van der Waals surface area contributed by atoms with Gasteiger partial charge in [0.1, 0.15) is 13.1 Å². The number of benzene rings is 1. The summed E-state index contributed by atoms with van der Waals surface area (Å²) in [5.74, 6) is -0.0632. The van der Waals surface area contributed by atoms with E-state index in [9.17, 15) is 4.79 Å². The summed E-state index contributed by atoms with van der Waals surface area (Å²) in [6.07, 6.45) is 1.74. The third-order valence-electron chi connectivity index (χ3n) is 5.14. The maximum atomic E-state index is 12.1. The van der Waals surface area contributed by atoms with Gasteiger partial charge in [-0.25, -0.2) is 5.43 Å². The molecule has 0 unspecified atom stereocenters. The molecule has 6 heteroatoms. The molecule has 0 atom stereocenters. The summed E-state index contributed by atoms with van der Waals surface area (Å²) in [5.41, 5.74) is 9.62. The van der Waals surface area contributed by atoms with Gasteiger partial charge in [0.05, 0.1) is 25.1 Å². The van der Waals surface area contributed by atoms with Gasteiger partial charge in [-0.15, -0.1) is 0 Å². The molecular weight excluding hydrogens is 340 g/mol. The monoisotopic (exact) mass is 369 g/mol. The quantitative estimate of drug-likeness (QED) is 0.612. The molecule has 2 aromatic rings. The second-order valence-electron chi connectivity index (χ2n) is 7.23. The predicted molar refractivity (Wildman–Crippen MR) is 107 cm³/mol. The zero-order chi connectivity index (χ0) is 19.4. The van der Waals surface area contributed by atoms with Crippen LogP contribution in [0.15, 0.2) is 29.4 Å². The number of aryl methyl sites for hydroxylation is 3. The number of carbonyl (C=O) groups excluding carboxylic acids is 1. The third kappa shape index (κ3) is 4.46. The highest BCUT2D eigenvalue weighted by Crippen LogP contribution is 2.25. The maximum absolute atomic E-state index is 12.1. The van der Waals surface area contributed by atoms with E-state index in [2.05, 4.69) is 67.1 Å². The molecule has 2 N–H and O–H groups in total. The first-order valence-electron chi connectivity index (χ1n) is 9.46. The number of amides is 1. The van der Waals surface area contributed by atoms with Crippen molar-refractivity contribution in [2.75, 3.05) is 32.8 Å². The predicted octanol–water partition coefficient (Wildman–Crippen LogP) is 1.08. The van der Waals surface area contributed by atoms with Gasteiger partial charge >= 0.3 is 0 Å². The second-order valence-corrected chi connectivity index (χ2v) is 7.23. The number of carbonyl (C=O) groups is 1. The highest BCUT2D eigenvalue weighted by molar-refractivity contribution is 5.84. The minimum Gasteiger partial charge on any atom is -0.370 e. The standard InChI is InChI=1S/C21H28N4O2/c1-15-6-5-7-16(2)21(15)25-17(3)12-19(18(25)4)13-22-23-20(26)14-24-8-10-27-11-9-24/h5-7,12-13H,8-11,14H2,1-4H3,(H,23,26)/p+1/b22-13-. The van der Waals surface area contributed by atoms with Crippen LogP contribution in [0.4, 0.5) is 0 Å². The number of ether oxygens (including phenoxy) is 1. The lowest BCUT2D eigenvalue weighted by molar-refractivity contribution is -0.900. The van der Waals surface area contributed by atoms with Gasteiger partial charge in [-0.3, -0.25) is 4.79 Å². The molecule has 144 valence electrons. The Morgan fingerprint density at radius 3 is 2.56 bits per heavy atom. The van der Waals surface area contributed by atoms with Crippen molar-refractivity contribution in [1.82, 2.24) is 9.99 Å². The van der Waals surface area contributed by atoms with Gasteiger partial charge in [-0.1, -0.05) is 18.2 Å². The van der Waals surface area contributed by atoms with Gasteiger partial charge in [-0.05, 0) is 44.9 Å². The zero-order valence-electron chi connectivity index (χ0n) is 16.6. The molecule has 0 saturated carbocycles. The average molecular weight is 369 g/mol. The van der Waals surface area contributed by atoms with E-state index in [0.29, 0.717) is 6.54 Å². The number of quaternary nitrogens is 1. The fourth-order valence-corrected chi connectivity index (χ4v) is 3.70. The first-order valence-corrected chi connectivity index (χ1v) is 9.46. The minimum absolute atomic E-state index is 0.0632. The van der Waals surface area contributed by atoms with Gasteiger partial charge in [0.15, 0.2) is 6.54 Å². The number of hydrogen-bond acceptors (Lipinski definition) is 3. The van der Waals surface area contributed by atoms with Crippen molar-refractivity contribution < 1.29 is 14.4 Å². The van der Waals surface area contributed by atoms with Crippen LogP contribution in [0.1, 0.15) is 28.1 Å². The summed E-state index contributed by atoms with van der Waals surface area (Å²) in [4.78, 5) is 13.3. The number of hydrogen-bond donors (Lipinski definition) is 2. The van der Waals surface area contributed by atoms with Crippen LogP contribution in [0, 0.1) is 27.7 Å². The van der Waals surface area contributed by atoms with Crippen LogP contribution in [0.5, 0.6) is 0 Å². The number of morpholine rings is 1. The van der Waals surface area contributed by atoms with Gasteiger partial charge < -0.3 is 14.2 Å². The summed E-state index contributed by atoms with van der Waals surface area (Å²) >= 11 is 0. The lowest BCUT2D eigenvalue weighted by Gasteiger charge is -2.22. The van der Waals surface area contributed by atoms with E-state index in [1.165, 1.54) is 21.7 Å². The van der Waals surface area contributed by atoms with Crippen molar-refractivity contribution in [3.05, 3.63) is 52.3 Å². The topological polar surface area (TPSA) is 60.1 Å². The smallest absolute Gasteiger partial charge is 0.295 e. The molecule has 2 heterocycles. The molecule has 1 aliphatic rings. The molecule has 0 aliphatic carbocycles. The number of aromatic nitrogens is 1. The van der Waals surface area contributed by atoms with Crippen LogP contribution >= 0.6 is 0 Å². The van der Waals surface area contributed by atoms with E-state index in [4.69, 9.17) is 4.74 Å². The highest BCUT2D eigenvalue weighted by Gasteiger charge is 2.17. The number of para-hydroxylation sites is 1. The molecule has 1 saturated heterocycles. The van der Waals surface area contributed by atoms with Crippen molar-refractivity contribution in [2.45, 2.75) is 27.7 Å². The minimum atomic E-state index is -0.0632. The van der Waals surface area contributed by atoms with Crippen molar-refractivity contribution in [2.24, 2.45) is 5.10 Å². The van der Waals surface area contributed by atoms with E-state index < -0.39 is 0 Å². The number of hydrazone groups is 1. The molecule has 0 bridgehead atoms. The fourth-order valence-electron chi connectivity index (χ4n) is 3.70. The van der Waals surface area contributed by atoms with Crippen LogP contribution in [0.3, 0.4) is 0 Å². The first-order chi connectivity index (χ1) is 13.0. The van der Waals surface area contributed by atoms with E-state index >= 15 is 0 Å². The summed E-state index contributed by atoms with van der Waals surface area (Å²) < 4.78 is 7.57. The number of nitrogens with zero attached hydrogens (tertiary/aromatic N) is 2. The van der Waals surface area contributed by atoms with Gasteiger partial charge in [-0.2, -0.15) is 5.10 Å². The van der Waals surface area contributed by atoms with Crippen molar-refractivity contribution >= 4 is 12.1 Å². The van der Waals surface area contributed by atoms with Gasteiger partial charge in [0, 0.05) is 17.0 Å². The summed E-state index contributed by atoms with van der Waals surface area (Å²) in [7, 11) is 0. The Labute approximate surface area is 160 Å². The van der Waals surface area contributed by atoms with Crippen LogP contribution in [-0.2, 0) is 9.53 Å². The Morgan fingerprint density at radius 1 is 1.22 bits per heavy atom. The molecule has 3 rings (SSSR count). The Morgan fingerprint density at radius 2 is 1.89 bits per heavy atom. The molecule has 6 nitrogen and oxygen atoms in total. The van der Waals surface area contributed by atoms with E-state index in [1.54, 1.807) is 6.21 Å². The van der Waals surface area contributed by atoms with Crippen LogP contribution in [-0.4, -0.2) is 49.5 Å². The van der Waals surface area contributed by atoms with Gasteiger partial charge in [0.25, 0.3) is 5.91 Å². The third-order valence-corrected chi connectivity index (χ3v) is 5.14. The molecule has 1 aromatic carbocycles. The van der Waals surface area contributed by atoms with E-state index in [0.717, 1.165) is 43.3 Å². The average Bonchev–Trinajstić information content (AvgIpc) is 2.90. The first kappa shape index (κ1) is 19.3. The Bertz CT molecular complexity index is 828. The molecule has 1 aromatic heterocycles. The largest absolute Gasteiger partial charge is 0.370 e. The Hall–Kier alpha value is -2.44. The van der Waals surface area contributed by atoms with E-state index in [-0.39, 0.29) is 5.91 Å². The molecule has 0 spiro atoms. The van der Waals surface area contributed by atoms with Crippen LogP contribution in [0.25, 0.3) is 5.69 Å². The molecule has 1 amide bonds. The molecule has 27 heavy (non-hydrogen) atoms. The second kappa shape index (κ2) is 8.50. The van der Waals surface area contributed by atoms with Crippen LogP contribution in [0.2, 0.25) is 0 Å². The van der Waals surface area contributed by atoms with Gasteiger partial charge in [0.2, 0.25) is 0 Å². The SMILES string of the molecule is Cc1cccc(C)c1-n1c(C)cc(/C=N\NC(=O)C[NH+]2CCOCC2)c1C. The zero-order valence-corrected chi connectivity index (χ0v) is 16.6. The Kier molecular flexibility index (Phi) is 6.08. The lowest BCUT2D eigenvalue weighted by Crippen LogP contribution is -3.15. The molecule has 1 aliphatic heterocycles. The number of rotatable bonds is 5. The van der Waals surface area contributed by atoms with Crippen LogP contribution < -0.4 is 10.3 Å². The number of nitrogens with one attached hydrogen (secondary N) is 2. The van der Waals surface area contributed by atoms with E-state index in [1.807, 2.05) is 0 Å². The normalized spacial score (nSPS) is 15.4. The highest BCUT2D eigenvalue weighted by atomic mass is 16.5. The molecule has 1 fully saturated rings. The lowest BCUT2D eigenvalue weighted by atomic mass is 10.1. The Balaban J connectivity index is 1.71. The summed E-state index contributed by atoms with van der Waals surface area (Å²) in [5, 5.41) is 4.18. The molecular formula is C21H29N4O2+.